The molecule has 1 aromatic rings. The summed E-state index contributed by atoms with van der Waals surface area (Å²) in [5.41, 5.74) is 0.351. The zero-order chi connectivity index (χ0) is 10.8. The summed E-state index contributed by atoms with van der Waals surface area (Å²) in [7, 11) is 0. The zero-order valence-electron chi connectivity index (χ0n) is 7.01. The molecule has 0 heterocycles. The van der Waals surface area contributed by atoms with Gasteiger partial charge < -0.3 is 9.84 Å². The van der Waals surface area contributed by atoms with E-state index in [4.69, 9.17) is 5.11 Å². The molecule has 0 aliphatic rings. The number of halogens is 3. The molecule has 2 nitrogen and oxygen atoms in total. The van der Waals surface area contributed by atoms with Crippen LogP contribution in [-0.2, 0) is 0 Å². The van der Waals surface area contributed by atoms with E-state index < -0.39 is 12.1 Å². The Morgan fingerprint density at radius 3 is 2.43 bits per heavy atom. The van der Waals surface area contributed by atoms with Crippen molar-refractivity contribution in [3.05, 3.63) is 30.3 Å². The van der Waals surface area contributed by atoms with Crippen LogP contribution in [-0.4, -0.2) is 11.5 Å². The Morgan fingerprint density at radius 2 is 1.93 bits per heavy atom. The number of phenolic OH excluding ortho intramolecular Hbond substituents is 1. The van der Waals surface area contributed by atoms with E-state index in [1.54, 1.807) is 0 Å². The molecule has 0 amide bonds. The largest absolute Gasteiger partial charge is 0.573 e. The van der Waals surface area contributed by atoms with E-state index in [0.717, 1.165) is 12.1 Å². The molecule has 5 heteroatoms. The highest BCUT2D eigenvalue weighted by Crippen LogP contribution is 2.27. The Hall–Kier alpha value is -1.65. The second kappa shape index (κ2) is 3.61. The van der Waals surface area contributed by atoms with Gasteiger partial charge in [-0.15, -0.1) is 13.2 Å². The topological polar surface area (TPSA) is 29.5 Å². The molecule has 0 bridgehead atoms. The van der Waals surface area contributed by atoms with Crippen molar-refractivity contribution in [2.24, 2.45) is 0 Å². The van der Waals surface area contributed by atoms with Crippen molar-refractivity contribution in [3.8, 4) is 11.5 Å². The van der Waals surface area contributed by atoms with E-state index in [1.165, 1.54) is 12.1 Å². The third kappa shape index (κ3) is 3.01. The molecule has 76 valence electrons. The van der Waals surface area contributed by atoms with Crippen LogP contribution >= 0.6 is 0 Å². The molecule has 0 aromatic heterocycles. The van der Waals surface area contributed by atoms with Gasteiger partial charge in [0, 0.05) is 6.07 Å². The molecule has 0 fully saturated rings. The number of aromatic hydroxyl groups is 1. The first kappa shape index (κ1) is 10.4. The van der Waals surface area contributed by atoms with Gasteiger partial charge in [-0.05, 0) is 17.7 Å². The summed E-state index contributed by atoms with van der Waals surface area (Å²) in [5, 5.41) is 9.03. The highest BCUT2D eigenvalue weighted by molar-refractivity contribution is 5.53. The van der Waals surface area contributed by atoms with E-state index in [2.05, 4.69) is 11.3 Å². The summed E-state index contributed by atoms with van der Waals surface area (Å²) in [5.74, 6) is -0.769. The monoisotopic (exact) mass is 204 g/mol. The number of hydrogen-bond acceptors (Lipinski definition) is 2. The first-order chi connectivity index (χ1) is 6.40. The average molecular weight is 204 g/mol. The number of alkyl halides is 3. The molecular weight excluding hydrogens is 197 g/mol. The highest BCUT2D eigenvalue weighted by atomic mass is 19.4. The van der Waals surface area contributed by atoms with Crippen LogP contribution in [0.25, 0.3) is 6.08 Å². The van der Waals surface area contributed by atoms with Gasteiger partial charge in [-0.2, -0.15) is 0 Å². The minimum Gasteiger partial charge on any atom is -0.508 e. The Labute approximate surface area is 78.2 Å². The number of phenols is 1. The van der Waals surface area contributed by atoms with Gasteiger partial charge in [0.15, 0.2) is 0 Å². The van der Waals surface area contributed by atoms with Crippen molar-refractivity contribution in [2.75, 3.05) is 0 Å². The van der Waals surface area contributed by atoms with Crippen LogP contribution in [0.3, 0.4) is 0 Å². The second-order valence-electron chi connectivity index (χ2n) is 2.51. The van der Waals surface area contributed by atoms with Gasteiger partial charge in [-0.3, -0.25) is 0 Å². The molecule has 0 saturated heterocycles. The van der Waals surface area contributed by atoms with Crippen LogP contribution < -0.4 is 4.74 Å². The third-order valence-corrected chi connectivity index (χ3v) is 1.38. The lowest BCUT2D eigenvalue weighted by atomic mass is 10.2. The van der Waals surface area contributed by atoms with Gasteiger partial charge in [0.1, 0.15) is 11.5 Å². The fourth-order valence-corrected chi connectivity index (χ4v) is 0.916. The lowest BCUT2D eigenvalue weighted by Crippen LogP contribution is -2.17. The van der Waals surface area contributed by atoms with Crippen LogP contribution in [0.5, 0.6) is 11.5 Å². The average Bonchev–Trinajstić information content (AvgIpc) is 1.99. The standard InChI is InChI=1S/C9H7F3O2/c1-2-6-3-7(13)5-8(4-6)14-9(10,11)12/h2-5,13H,1H2. The predicted molar refractivity (Wildman–Crippen MR) is 44.9 cm³/mol. The van der Waals surface area contributed by atoms with Gasteiger partial charge in [-0.25, -0.2) is 0 Å². The highest BCUT2D eigenvalue weighted by Gasteiger charge is 2.31. The first-order valence-electron chi connectivity index (χ1n) is 3.63. The number of ether oxygens (including phenoxy) is 1. The molecule has 0 spiro atoms. The van der Waals surface area contributed by atoms with Gasteiger partial charge >= 0.3 is 6.36 Å². The molecule has 0 saturated carbocycles. The first-order valence-corrected chi connectivity index (χ1v) is 3.63. The molecule has 0 aliphatic carbocycles. The summed E-state index contributed by atoms with van der Waals surface area (Å²) in [6.45, 7) is 3.36. The van der Waals surface area contributed by atoms with E-state index in [0.29, 0.717) is 5.56 Å². The van der Waals surface area contributed by atoms with Crippen molar-refractivity contribution in [3.63, 3.8) is 0 Å². The van der Waals surface area contributed by atoms with Crippen LogP contribution in [0.4, 0.5) is 13.2 Å². The second-order valence-corrected chi connectivity index (χ2v) is 2.51. The smallest absolute Gasteiger partial charge is 0.508 e. The number of rotatable bonds is 2. The van der Waals surface area contributed by atoms with E-state index in [9.17, 15) is 13.2 Å². The maximum Gasteiger partial charge on any atom is 0.573 e. The fourth-order valence-electron chi connectivity index (χ4n) is 0.916. The van der Waals surface area contributed by atoms with Gasteiger partial charge in [0.2, 0.25) is 0 Å². The molecule has 0 aliphatic heterocycles. The number of benzene rings is 1. The molecule has 0 unspecified atom stereocenters. The molecule has 1 aromatic carbocycles. The summed E-state index contributed by atoms with van der Waals surface area (Å²) >= 11 is 0. The van der Waals surface area contributed by atoms with Gasteiger partial charge in [0.05, 0.1) is 0 Å². The Balaban J connectivity index is 2.98. The maximum absolute atomic E-state index is 11.8. The molecule has 1 N–H and O–H groups in total. The summed E-state index contributed by atoms with van der Waals surface area (Å²) in [6.07, 6.45) is -3.45. The lowest BCUT2D eigenvalue weighted by molar-refractivity contribution is -0.274. The Kier molecular flexibility index (Phi) is 2.69. The van der Waals surface area contributed by atoms with E-state index >= 15 is 0 Å². The minimum atomic E-state index is -4.76. The minimum absolute atomic E-state index is 0.304. The van der Waals surface area contributed by atoms with Crippen LogP contribution in [0.1, 0.15) is 5.56 Å². The summed E-state index contributed by atoms with van der Waals surface area (Å²) < 4.78 is 39.0. The Bertz CT molecular complexity index is 344. The molecule has 0 radical (unpaired) electrons. The van der Waals surface area contributed by atoms with E-state index in [-0.39, 0.29) is 5.75 Å². The maximum atomic E-state index is 11.8. The summed E-state index contributed by atoms with van der Waals surface area (Å²) in [6, 6.07) is 3.27. The van der Waals surface area contributed by atoms with Crippen molar-refractivity contribution >= 4 is 6.08 Å². The van der Waals surface area contributed by atoms with Crippen molar-refractivity contribution in [2.45, 2.75) is 6.36 Å². The SMILES string of the molecule is C=Cc1cc(O)cc(OC(F)(F)F)c1. The normalized spacial score (nSPS) is 11.1. The third-order valence-electron chi connectivity index (χ3n) is 1.38. The summed E-state index contributed by atoms with van der Waals surface area (Å²) in [4.78, 5) is 0. The number of hydrogen-bond donors (Lipinski definition) is 1. The molecule has 14 heavy (non-hydrogen) atoms. The van der Waals surface area contributed by atoms with Crippen molar-refractivity contribution in [1.82, 2.24) is 0 Å². The Morgan fingerprint density at radius 1 is 1.29 bits per heavy atom. The van der Waals surface area contributed by atoms with Crippen molar-refractivity contribution < 1.29 is 23.0 Å². The van der Waals surface area contributed by atoms with E-state index in [1.807, 2.05) is 0 Å². The fraction of sp³-hybridized carbons (Fsp3) is 0.111. The lowest BCUT2D eigenvalue weighted by Gasteiger charge is -2.09. The molecule has 0 atom stereocenters. The zero-order valence-corrected chi connectivity index (χ0v) is 7.01. The molecule has 1 rings (SSSR count). The predicted octanol–water partition coefficient (Wildman–Crippen LogP) is 2.93. The van der Waals surface area contributed by atoms with Crippen LogP contribution in [0.15, 0.2) is 24.8 Å². The van der Waals surface area contributed by atoms with Gasteiger partial charge in [-0.1, -0.05) is 12.7 Å². The van der Waals surface area contributed by atoms with Gasteiger partial charge in [0.25, 0.3) is 0 Å². The van der Waals surface area contributed by atoms with Crippen molar-refractivity contribution in [1.29, 1.82) is 0 Å². The quantitative estimate of drug-likeness (QED) is 0.802. The van der Waals surface area contributed by atoms with Crippen LogP contribution in [0.2, 0.25) is 0 Å². The molecular formula is C9H7F3O2. The van der Waals surface area contributed by atoms with Crippen LogP contribution in [0, 0.1) is 0 Å².